The van der Waals surface area contributed by atoms with Crippen molar-refractivity contribution >= 4 is 38.4 Å². The van der Waals surface area contributed by atoms with E-state index in [4.69, 9.17) is 4.98 Å². The number of para-hydroxylation sites is 2. The van der Waals surface area contributed by atoms with Gasteiger partial charge in [0.05, 0.1) is 23.0 Å². The highest BCUT2D eigenvalue weighted by Gasteiger charge is 2.21. The number of benzene rings is 1. The Morgan fingerprint density at radius 1 is 1.11 bits per heavy atom. The first kappa shape index (κ1) is 16.6. The van der Waals surface area contributed by atoms with Gasteiger partial charge < -0.3 is 9.88 Å². The number of nitrogens with zero attached hydrogens (tertiary/aromatic N) is 5. The van der Waals surface area contributed by atoms with E-state index >= 15 is 0 Å². The van der Waals surface area contributed by atoms with Crippen molar-refractivity contribution in [2.75, 3.05) is 31.1 Å². The molecule has 1 saturated heterocycles. The predicted octanol–water partition coefficient (Wildman–Crippen LogP) is 3.45. The summed E-state index contributed by atoms with van der Waals surface area (Å²) in [6.07, 6.45) is 2.75. The van der Waals surface area contributed by atoms with Crippen LogP contribution in [-0.4, -0.2) is 51.0 Å². The standard InChI is InChI=1S/C20H22N6S/c1-2-14-11-15-19(21-13-22-20(15)27-14)26-9-7-25(8-10-26)12-18-23-16-5-3-4-6-17(16)24-18/h3-6,11,13H,2,7-10,12H2,1H3,(H,23,24). The zero-order chi connectivity index (χ0) is 18.2. The quantitative estimate of drug-likeness (QED) is 0.589. The average Bonchev–Trinajstić information content (AvgIpc) is 3.31. The summed E-state index contributed by atoms with van der Waals surface area (Å²) in [4.78, 5) is 24.5. The van der Waals surface area contributed by atoms with Crippen LogP contribution in [0.3, 0.4) is 0 Å². The van der Waals surface area contributed by atoms with Crippen LogP contribution in [0.25, 0.3) is 21.3 Å². The summed E-state index contributed by atoms with van der Waals surface area (Å²) in [5, 5.41) is 1.20. The minimum absolute atomic E-state index is 0.861. The molecule has 0 atom stereocenters. The molecule has 0 amide bonds. The molecular weight excluding hydrogens is 356 g/mol. The molecule has 0 spiro atoms. The molecule has 0 unspecified atom stereocenters. The minimum Gasteiger partial charge on any atom is -0.353 e. The summed E-state index contributed by atoms with van der Waals surface area (Å²) in [7, 11) is 0. The molecule has 3 aromatic heterocycles. The molecule has 6 nitrogen and oxygen atoms in total. The lowest BCUT2D eigenvalue weighted by atomic mass is 10.2. The normalized spacial score (nSPS) is 15.8. The molecule has 0 aliphatic carbocycles. The number of thiophene rings is 1. The fourth-order valence-electron chi connectivity index (χ4n) is 3.73. The average molecular weight is 379 g/mol. The molecule has 1 N–H and O–H groups in total. The molecule has 1 aliphatic heterocycles. The fraction of sp³-hybridized carbons (Fsp3) is 0.350. The van der Waals surface area contributed by atoms with Gasteiger partial charge in [0.25, 0.3) is 0 Å². The Morgan fingerprint density at radius 3 is 2.78 bits per heavy atom. The number of aryl methyl sites for hydroxylation is 1. The van der Waals surface area contributed by atoms with E-state index in [2.05, 4.69) is 49.9 Å². The van der Waals surface area contributed by atoms with Crippen molar-refractivity contribution in [3.63, 3.8) is 0 Å². The first-order valence-corrected chi connectivity index (χ1v) is 10.3. The molecule has 0 radical (unpaired) electrons. The van der Waals surface area contributed by atoms with E-state index in [1.807, 2.05) is 12.1 Å². The maximum atomic E-state index is 4.71. The number of aromatic nitrogens is 4. The molecule has 1 aromatic carbocycles. The van der Waals surface area contributed by atoms with Gasteiger partial charge in [-0.3, -0.25) is 4.90 Å². The molecule has 4 aromatic rings. The SMILES string of the molecule is CCc1cc2c(N3CCN(Cc4nc5ccccc5[nH]4)CC3)ncnc2s1. The van der Waals surface area contributed by atoms with Gasteiger partial charge >= 0.3 is 0 Å². The summed E-state index contributed by atoms with van der Waals surface area (Å²) in [5.74, 6) is 2.12. The van der Waals surface area contributed by atoms with Crippen LogP contribution in [0.2, 0.25) is 0 Å². The van der Waals surface area contributed by atoms with Gasteiger partial charge in [-0.2, -0.15) is 0 Å². The Morgan fingerprint density at radius 2 is 1.96 bits per heavy atom. The van der Waals surface area contributed by atoms with Gasteiger partial charge in [-0.1, -0.05) is 19.1 Å². The second-order valence-electron chi connectivity index (χ2n) is 6.95. The molecule has 4 heterocycles. The van der Waals surface area contributed by atoms with E-state index < -0.39 is 0 Å². The van der Waals surface area contributed by atoms with Gasteiger partial charge in [-0.05, 0) is 24.6 Å². The Balaban J connectivity index is 1.29. The molecule has 0 bridgehead atoms. The number of aromatic amines is 1. The number of H-pyrrole nitrogens is 1. The third kappa shape index (κ3) is 3.17. The monoisotopic (exact) mass is 378 g/mol. The number of hydrogen-bond donors (Lipinski definition) is 1. The lowest BCUT2D eigenvalue weighted by molar-refractivity contribution is 0.244. The van der Waals surface area contributed by atoms with Crippen molar-refractivity contribution in [2.24, 2.45) is 0 Å². The van der Waals surface area contributed by atoms with Crippen LogP contribution in [0.4, 0.5) is 5.82 Å². The lowest BCUT2D eigenvalue weighted by Crippen LogP contribution is -2.46. The Kier molecular flexibility index (Phi) is 4.26. The number of nitrogens with one attached hydrogen (secondary N) is 1. The Hall–Kier alpha value is -2.51. The van der Waals surface area contributed by atoms with Gasteiger partial charge in [0.1, 0.15) is 22.8 Å². The number of fused-ring (bicyclic) bond motifs is 2. The highest BCUT2D eigenvalue weighted by atomic mass is 32.1. The van der Waals surface area contributed by atoms with Crippen LogP contribution in [0.15, 0.2) is 36.7 Å². The van der Waals surface area contributed by atoms with E-state index in [-0.39, 0.29) is 0 Å². The topological polar surface area (TPSA) is 60.9 Å². The van der Waals surface area contributed by atoms with Gasteiger partial charge in [0.15, 0.2) is 0 Å². The molecule has 27 heavy (non-hydrogen) atoms. The molecule has 1 fully saturated rings. The van der Waals surface area contributed by atoms with E-state index in [9.17, 15) is 0 Å². The highest BCUT2D eigenvalue weighted by molar-refractivity contribution is 7.18. The number of hydrogen-bond acceptors (Lipinski definition) is 6. The molecule has 7 heteroatoms. The van der Waals surface area contributed by atoms with E-state index in [0.717, 1.165) is 66.7 Å². The van der Waals surface area contributed by atoms with Gasteiger partial charge in [-0.25, -0.2) is 15.0 Å². The van der Waals surface area contributed by atoms with Crippen molar-refractivity contribution in [3.8, 4) is 0 Å². The van der Waals surface area contributed by atoms with Crippen LogP contribution < -0.4 is 4.90 Å². The van der Waals surface area contributed by atoms with Crippen LogP contribution >= 0.6 is 11.3 Å². The summed E-state index contributed by atoms with van der Waals surface area (Å²) in [5.41, 5.74) is 2.15. The maximum absolute atomic E-state index is 4.71. The van der Waals surface area contributed by atoms with Crippen molar-refractivity contribution < 1.29 is 0 Å². The predicted molar refractivity (Wildman–Crippen MR) is 110 cm³/mol. The van der Waals surface area contributed by atoms with Gasteiger partial charge in [0, 0.05) is 31.1 Å². The Bertz CT molecular complexity index is 1040. The minimum atomic E-state index is 0.861. The van der Waals surface area contributed by atoms with Crippen LogP contribution in [0.1, 0.15) is 17.6 Å². The van der Waals surface area contributed by atoms with E-state index in [1.165, 1.54) is 10.3 Å². The van der Waals surface area contributed by atoms with Gasteiger partial charge in [-0.15, -0.1) is 11.3 Å². The number of rotatable bonds is 4. The molecule has 138 valence electrons. The van der Waals surface area contributed by atoms with Crippen LogP contribution in [0, 0.1) is 0 Å². The van der Waals surface area contributed by atoms with E-state index in [0.29, 0.717) is 0 Å². The molecule has 1 aliphatic rings. The first-order valence-electron chi connectivity index (χ1n) is 9.44. The second kappa shape index (κ2) is 6.90. The summed E-state index contributed by atoms with van der Waals surface area (Å²) in [6, 6.07) is 10.5. The number of imidazole rings is 1. The molecular formula is C20H22N6S. The second-order valence-corrected chi connectivity index (χ2v) is 8.06. The van der Waals surface area contributed by atoms with Crippen molar-refractivity contribution in [1.29, 1.82) is 0 Å². The molecule has 5 rings (SSSR count). The third-order valence-electron chi connectivity index (χ3n) is 5.19. The zero-order valence-corrected chi connectivity index (χ0v) is 16.2. The van der Waals surface area contributed by atoms with Crippen molar-refractivity contribution in [1.82, 2.24) is 24.8 Å². The maximum Gasteiger partial charge on any atom is 0.140 e. The van der Waals surface area contributed by atoms with Crippen LogP contribution in [-0.2, 0) is 13.0 Å². The van der Waals surface area contributed by atoms with Gasteiger partial charge in [0.2, 0.25) is 0 Å². The molecule has 0 saturated carbocycles. The van der Waals surface area contributed by atoms with Crippen molar-refractivity contribution in [3.05, 3.63) is 47.4 Å². The highest BCUT2D eigenvalue weighted by Crippen LogP contribution is 2.31. The van der Waals surface area contributed by atoms with E-state index in [1.54, 1.807) is 17.7 Å². The first-order chi connectivity index (χ1) is 13.3. The zero-order valence-electron chi connectivity index (χ0n) is 15.4. The Labute approximate surface area is 161 Å². The largest absolute Gasteiger partial charge is 0.353 e. The smallest absolute Gasteiger partial charge is 0.140 e. The third-order valence-corrected chi connectivity index (χ3v) is 6.38. The van der Waals surface area contributed by atoms with Crippen molar-refractivity contribution in [2.45, 2.75) is 19.9 Å². The summed E-state index contributed by atoms with van der Waals surface area (Å²) < 4.78 is 0. The fourth-order valence-corrected chi connectivity index (χ4v) is 4.66. The summed E-state index contributed by atoms with van der Waals surface area (Å²) >= 11 is 1.78. The van der Waals surface area contributed by atoms with Crippen LogP contribution in [0.5, 0.6) is 0 Å². The lowest BCUT2D eigenvalue weighted by Gasteiger charge is -2.35. The number of anilines is 1. The number of piperazine rings is 1. The summed E-state index contributed by atoms with van der Waals surface area (Å²) in [6.45, 7) is 7.02.